The van der Waals surface area contributed by atoms with Crippen molar-refractivity contribution in [3.63, 3.8) is 0 Å². The molecule has 1 saturated heterocycles. The number of amides is 1. The van der Waals surface area contributed by atoms with Crippen LogP contribution in [0.1, 0.15) is 17.4 Å². The quantitative estimate of drug-likeness (QED) is 0.857. The number of carbonyl (C=O) groups excluding carboxylic acids is 1. The fourth-order valence-corrected chi connectivity index (χ4v) is 2.95. The smallest absolute Gasteiger partial charge is 0.270 e. The molecule has 1 amide bonds. The van der Waals surface area contributed by atoms with Crippen molar-refractivity contribution in [1.82, 2.24) is 9.88 Å². The number of rotatable bonds is 2. The van der Waals surface area contributed by atoms with E-state index in [0.29, 0.717) is 10.7 Å². The Morgan fingerprint density at radius 3 is 2.80 bits per heavy atom. The second-order valence-electron chi connectivity index (χ2n) is 5.31. The first-order valence-electron chi connectivity index (χ1n) is 7.08. The van der Waals surface area contributed by atoms with Crippen LogP contribution in [0, 0.1) is 0 Å². The van der Waals surface area contributed by atoms with E-state index in [0.717, 1.165) is 43.6 Å². The van der Waals surface area contributed by atoms with E-state index in [1.165, 1.54) is 0 Å². The Kier molecular flexibility index (Phi) is 3.68. The average Bonchev–Trinajstić information content (AvgIpc) is 2.89. The molecule has 1 aliphatic rings. The minimum atomic E-state index is 0.0903. The third-order valence-corrected chi connectivity index (χ3v) is 4.31. The number of hydrogen-bond donors (Lipinski definition) is 2. The molecule has 0 atom stereocenters. The van der Waals surface area contributed by atoms with Gasteiger partial charge in [0.15, 0.2) is 0 Å². The van der Waals surface area contributed by atoms with Gasteiger partial charge in [-0.15, -0.1) is 0 Å². The van der Waals surface area contributed by atoms with E-state index >= 15 is 0 Å². The highest BCUT2D eigenvalue weighted by molar-refractivity contribution is 6.31. The van der Waals surface area contributed by atoms with Crippen molar-refractivity contribution >= 4 is 28.4 Å². The number of aromatic amines is 1. The van der Waals surface area contributed by atoms with Crippen molar-refractivity contribution in [3.8, 4) is 0 Å². The number of hydrogen-bond acceptors (Lipinski definition) is 1. The standard InChI is InChI=1S/C15H18ClN3O/c1-2-18-5-7-19(8-6-18)15(20)14-10-11-9-12(16)3-4-13(11)17-14/h3-4,9-10,17H,2,5-8H2,1H3/p+1. The zero-order chi connectivity index (χ0) is 14.1. The molecule has 0 radical (unpaired) electrons. The molecule has 1 aliphatic heterocycles. The van der Waals surface area contributed by atoms with Crippen LogP contribution in [0.5, 0.6) is 0 Å². The van der Waals surface area contributed by atoms with Crippen LogP contribution in [-0.4, -0.2) is 48.5 Å². The van der Waals surface area contributed by atoms with Crippen LogP contribution < -0.4 is 4.90 Å². The van der Waals surface area contributed by atoms with Crippen LogP contribution in [0.3, 0.4) is 0 Å². The molecule has 0 aliphatic carbocycles. The molecule has 1 aromatic heterocycles. The van der Waals surface area contributed by atoms with Crippen molar-refractivity contribution in [3.05, 3.63) is 35.0 Å². The third kappa shape index (κ3) is 2.53. The van der Waals surface area contributed by atoms with E-state index in [9.17, 15) is 4.79 Å². The highest BCUT2D eigenvalue weighted by atomic mass is 35.5. The minimum Gasteiger partial charge on any atom is -0.351 e. The summed E-state index contributed by atoms with van der Waals surface area (Å²) in [6, 6.07) is 7.51. The Bertz CT molecular complexity index is 629. The van der Waals surface area contributed by atoms with Crippen LogP contribution in [0.4, 0.5) is 0 Å². The number of likely N-dealkylation sites (N-methyl/N-ethyl adjacent to an activating group) is 1. The van der Waals surface area contributed by atoms with Gasteiger partial charge in [0, 0.05) is 15.9 Å². The Balaban J connectivity index is 1.79. The molecule has 3 rings (SSSR count). The van der Waals surface area contributed by atoms with E-state index in [-0.39, 0.29) is 5.91 Å². The normalized spacial score (nSPS) is 16.8. The molecule has 4 nitrogen and oxygen atoms in total. The monoisotopic (exact) mass is 292 g/mol. The molecule has 0 bridgehead atoms. The molecule has 5 heteroatoms. The first-order valence-corrected chi connectivity index (χ1v) is 7.46. The van der Waals surface area contributed by atoms with Crippen molar-refractivity contribution in [2.45, 2.75) is 6.92 Å². The van der Waals surface area contributed by atoms with Crippen LogP contribution in [-0.2, 0) is 0 Å². The number of quaternary nitrogens is 1. The maximum absolute atomic E-state index is 12.5. The number of halogens is 1. The van der Waals surface area contributed by atoms with Gasteiger partial charge in [-0.1, -0.05) is 11.6 Å². The van der Waals surface area contributed by atoms with E-state index in [1.54, 1.807) is 4.90 Å². The van der Waals surface area contributed by atoms with Crippen molar-refractivity contribution in [2.75, 3.05) is 32.7 Å². The zero-order valence-corrected chi connectivity index (χ0v) is 12.3. The van der Waals surface area contributed by atoms with Crippen molar-refractivity contribution in [2.24, 2.45) is 0 Å². The molecule has 20 heavy (non-hydrogen) atoms. The summed E-state index contributed by atoms with van der Waals surface area (Å²) in [5.74, 6) is 0.0903. The van der Waals surface area contributed by atoms with Crippen LogP contribution in [0.15, 0.2) is 24.3 Å². The lowest BCUT2D eigenvalue weighted by Gasteiger charge is -2.31. The number of benzene rings is 1. The molecule has 106 valence electrons. The summed E-state index contributed by atoms with van der Waals surface area (Å²) >= 11 is 5.98. The maximum Gasteiger partial charge on any atom is 0.270 e. The third-order valence-electron chi connectivity index (χ3n) is 4.07. The fraction of sp³-hybridized carbons (Fsp3) is 0.400. The molecule has 1 aromatic carbocycles. The Hall–Kier alpha value is -1.52. The van der Waals surface area contributed by atoms with E-state index in [2.05, 4.69) is 11.9 Å². The zero-order valence-electron chi connectivity index (χ0n) is 11.6. The molecule has 1 fully saturated rings. The summed E-state index contributed by atoms with van der Waals surface area (Å²) in [6.45, 7) is 7.06. The lowest BCUT2D eigenvalue weighted by molar-refractivity contribution is -0.902. The van der Waals surface area contributed by atoms with Gasteiger partial charge in [0.25, 0.3) is 5.91 Å². The van der Waals surface area contributed by atoms with Gasteiger partial charge < -0.3 is 14.8 Å². The summed E-state index contributed by atoms with van der Waals surface area (Å²) in [7, 11) is 0. The van der Waals surface area contributed by atoms with Gasteiger partial charge in [0.05, 0.1) is 32.7 Å². The fourth-order valence-electron chi connectivity index (χ4n) is 2.77. The SMILES string of the molecule is CC[NH+]1CCN(C(=O)c2cc3cc(Cl)ccc3[nH]2)CC1. The topological polar surface area (TPSA) is 40.5 Å². The highest BCUT2D eigenvalue weighted by Gasteiger charge is 2.24. The largest absolute Gasteiger partial charge is 0.351 e. The molecule has 0 spiro atoms. The lowest BCUT2D eigenvalue weighted by atomic mass is 10.2. The second kappa shape index (κ2) is 5.46. The lowest BCUT2D eigenvalue weighted by Crippen LogP contribution is -3.14. The van der Waals surface area contributed by atoms with Crippen LogP contribution in [0.2, 0.25) is 5.02 Å². The molecule has 0 unspecified atom stereocenters. The molecule has 0 saturated carbocycles. The van der Waals surface area contributed by atoms with Gasteiger partial charge >= 0.3 is 0 Å². The van der Waals surface area contributed by atoms with Gasteiger partial charge in [-0.05, 0) is 31.2 Å². The van der Waals surface area contributed by atoms with E-state index < -0.39 is 0 Å². The van der Waals surface area contributed by atoms with Gasteiger partial charge in [0.2, 0.25) is 0 Å². The number of carbonyl (C=O) groups is 1. The summed E-state index contributed by atoms with van der Waals surface area (Å²) < 4.78 is 0. The van der Waals surface area contributed by atoms with Gasteiger partial charge in [0.1, 0.15) is 5.69 Å². The minimum absolute atomic E-state index is 0.0903. The molecular weight excluding hydrogens is 274 g/mol. The van der Waals surface area contributed by atoms with E-state index in [1.807, 2.05) is 29.2 Å². The Labute approximate surface area is 123 Å². The van der Waals surface area contributed by atoms with Crippen LogP contribution >= 0.6 is 11.6 Å². The van der Waals surface area contributed by atoms with Crippen LogP contribution in [0.25, 0.3) is 10.9 Å². The number of H-pyrrole nitrogens is 1. The second-order valence-corrected chi connectivity index (χ2v) is 5.75. The highest BCUT2D eigenvalue weighted by Crippen LogP contribution is 2.20. The average molecular weight is 293 g/mol. The number of nitrogens with one attached hydrogen (secondary N) is 2. The summed E-state index contributed by atoms with van der Waals surface area (Å²) in [5, 5.41) is 1.68. The Morgan fingerprint density at radius 1 is 1.35 bits per heavy atom. The number of nitrogens with zero attached hydrogens (tertiary/aromatic N) is 1. The first-order chi connectivity index (χ1) is 9.67. The predicted octanol–water partition coefficient (Wildman–Crippen LogP) is 1.18. The molecule has 2 heterocycles. The van der Waals surface area contributed by atoms with Gasteiger partial charge in [-0.2, -0.15) is 0 Å². The van der Waals surface area contributed by atoms with Gasteiger partial charge in [-0.3, -0.25) is 4.79 Å². The summed E-state index contributed by atoms with van der Waals surface area (Å²) in [4.78, 5) is 19.2. The van der Waals surface area contributed by atoms with Crippen molar-refractivity contribution < 1.29 is 9.69 Å². The molecule has 2 aromatic rings. The number of piperazine rings is 1. The van der Waals surface area contributed by atoms with Crippen molar-refractivity contribution in [1.29, 1.82) is 0 Å². The van der Waals surface area contributed by atoms with Gasteiger partial charge in [-0.25, -0.2) is 0 Å². The summed E-state index contributed by atoms with van der Waals surface area (Å²) in [6.07, 6.45) is 0. The maximum atomic E-state index is 12.5. The summed E-state index contributed by atoms with van der Waals surface area (Å²) in [5.41, 5.74) is 1.61. The first kappa shape index (κ1) is 13.5. The molecular formula is C15H19ClN3O+. The molecule has 2 N–H and O–H groups in total. The predicted molar refractivity (Wildman–Crippen MR) is 80.4 cm³/mol. The number of fused-ring (bicyclic) bond motifs is 1. The van der Waals surface area contributed by atoms with E-state index in [4.69, 9.17) is 11.6 Å². The Morgan fingerprint density at radius 2 is 2.10 bits per heavy atom. The number of aromatic nitrogens is 1.